The Bertz CT molecular complexity index is 904. The summed E-state index contributed by atoms with van der Waals surface area (Å²) in [5, 5.41) is 2.94. The molecule has 0 saturated carbocycles. The highest BCUT2D eigenvalue weighted by molar-refractivity contribution is 6.05. The van der Waals surface area contributed by atoms with Crippen LogP contribution in [0.5, 0.6) is 0 Å². The number of amides is 1. The number of fused-ring (bicyclic) bond motifs is 1. The number of halogens is 1. The average molecular weight is 311 g/mol. The molecule has 0 aliphatic carbocycles. The molecule has 0 fully saturated rings. The minimum Gasteiger partial charge on any atom is -0.320 e. The number of hydrogen-bond donors (Lipinski definition) is 1. The van der Waals surface area contributed by atoms with Crippen LogP contribution in [-0.2, 0) is 0 Å². The van der Waals surface area contributed by atoms with Gasteiger partial charge in [0.15, 0.2) is 0 Å². The standard InChI is InChI=1S/C18H18FN3O/c1-10-7-11(2)16(12(3)8-10)21-18(23)17-13(4)20-15-6-5-14(19)9-22(15)17/h5-9H,1-4H3,(H,21,23). The van der Waals surface area contributed by atoms with Crippen LogP contribution >= 0.6 is 0 Å². The number of nitrogens with one attached hydrogen (secondary N) is 1. The molecule has 1 aromatic carbocycles. The quantitative estimate of drug-likeness (QED) is 0.778. The van der Waals surface area contributed by atoms with E-state index in [0.29, 0.717) is 17.0 Å². The van der Waals surface area contributed by atoms with E-state index in [-0.39, 0.29) is 5.91 Å². The molecule has 0 aliphatic rings. The second-order valence-corrected chi connectivity index (χ2v) is 5.85. The van der Waals surface area contributed by atoms with E-state index < -0.39 is 5.82 Å². The number of carbonyl (C=O) groups excluding carboxylic acids is 1. The molecule has 5 heteroatoms. The van der Waals surface area contributed by atoms with Crippen molar-refractivity contribution in [2.45, 2.75) is 27.7 Å². The number of hydrogen-bond acceptors (Lipinski definition) is 2. The Morgan fingerprint density at radius 2 is 1.78 bits per heavy atom. The fourth-order valence-corrected chi connectivity index (χ4v) is 2.96. The van der Waals surface area contributed by atoms with Crippen molar-refractivity contribution in [3.05, 3.63) is 64.4 Å². The highest BCUT2D eigenvalue weighted by atomic mass is 19.1. The largest absolute Gasteiger partial charge is 0.320 e. The lowest BCUT2D eigenvalue weighted by molar-refractivity contribution is 0.102. The van der Waals surface area contributed by atoms with Crippen LogP contribution in [-0.4, -0.2) is 15.3 Å². The van der Waals surface area contributed by atoms with E-state index in [4.69, 9.17) is 0 Å². The van der Waals surface area contributed by atoms with Crippen molar-refractivity contribution in [1.82, 2.24) is 9.38 Å². The van der Waals surface area contributed by atoms with E-state index in [1.807, 2.05) is 32.9 Å². The summed E-state index contributed by atoms with van der Waals surface area (Å²) in [6.45, 7) is 7.67. The molecule has 0 bridgehead atoms. The van der Waals surface area contributed by atoms with Crippen molar-refractivity contribution < 1.29 is 9.18 Å². The number of benzene rings is 1. The van der Waals surface area contributed by atoms with Gasteiger partial charge in [0.25, 0.3) is 5.91 Å². The first-order valence-electron chi connectivity index (χ1n) is 7.40. The Hall–Kier alpha value is -2.69. The fourth-order valence-electron chi connectivity index (χ4n) is 2.96. The molecule has 23 heavy (non-hydrogen) atoms. The van der Waals surface area contributed by atoms with Gasteiger partial charge < -0.3 is 5.32 Å². The van der Waals surface area contributed by atoms with Gasteiger partial charge in [-0.05, 0) is 51.0 Å². The molecule has 0 aliphatic heterocycles. The smallest absolute Gasteiger partial charge is 0.274 e. The van der Waals surface area contributed by atoms with E-state index in [9.17, 15) is 9.18 Å². The van der Waals surface area contributed by atoms with Crippen molar-refractivity contribution in [3.8, 4) is 0 Å². The summed E-state index contributed by atoms with van der Waals surface area (Å²) < 4.78 is 15.0. The molecular formula is C18H18FN3O. The van der Waals surface area contributed by atoms with E-state index in [1.165, 1.54) is 16.7 Å². The molecule has 0 saturated heterocycles. The zero-order chi connectivity index (χ0) is 16.7. The summed E-state index contributed by atoms with van der Waals surface area (Å²) in [6, 6.07) is 6.92. The van der Waals surface area contributed by atoms with Gasteiger partial charge in [0.2, 0.25) is 0 Å². The van der Waals surface area contributed by atoms with Gasteiger partial charge in [0, 0.05) is 11.9 Å². The minimum atomic E-state index is -0.411. The second-order valence-electron chi connectivity index (χ2n) is 5.85. The zero-order valence-corrected chi connectivity index (χ0v) is 13.6. The summed E-state index contributed by atoms with van der Waals surface area (Å²) in [4.78, 5) is 17.0. The number of aryl methyl sites for hydroxylation is 4. The molecule has 118 valence electrons. The van der Waals surface area contributed by atoms with Crippen LogP contribution in [0.2, 0.25) is 0 Å². The molecule has 3 rings (SSSR count). The lowest BCUT2D eigenvalue weighted by Crippen LogP contribution is -2.17. The van der Waals surface area contributed by atoms with E-state index in [1.54, 1.807) is 13.0 Å². The first-order valence-corrected chi connectivity index (χ1v) is 7.40. The first-order chi connectivity index (χ1) is 10.9. The normalized spacial score (nSPS) is 11.0. The monoisotopic (exact) mass is 311 g/mol. The molecule has 1 amide bonds. The molecule has 2 heterocycles. The van der Waals surface area contributed by atoms with Crippen LogP contribution in [0.15, 0.2) is 30.5 Å². The Labute approximate surface area is 134 Å². The van der Waals surface area contributed by atoms with Gasteiger partial charge in [0.1, 0.15) is 17.2 Å². The maximum atomic E-state index is 13.5. The Kier molecular flexibility index (Phi) is 3.64. The maximum absolute atomic E-state index is 13.5. The molecule has 1 N–H and O–H groups in total. The summed E-state index contributed by atoms with van der Waals surface area (Å²) in [7, 11) is 0. The van der Waals surface area contributed by atoms with Crippen LogP contribution in [0.3, 0.4) is 0 Å². The van der Waals surface area contributed by atoms with Gasteiger partial charge in [-0.1, -0.05) is 17.7 Å². The third-order valence-corrected chi connectivity index (χ3v) is 3.89. The van der Waals surface area contributed by atoms with Crippen molar-refractivity contribution in [3.63, 3.8) is 0 Å². The molecular weight excluding hydrogens is 293 g/mol. The van der Waals surface area contributed by atoms with Crippen molar-refractivity contribution in [2.75, 3.05) is 5.32 Å². The van der Waals surface area contributed by atoms with Crippen LogP contribution in [0.25, 0.3) is 5.65 Å². The van der Waals surface area contributed by atoms with Crippen LogP contribution in [0, 0.1) is 33.5 Å². The average Bonchev–Trinajstić information content (AvgIpc) is 2.77. The lowest BCUT2D eigenvalue weighted by Gasteiger charge is -2.13. The Morgan fingerprint density at radius 1 is 1.13 bits per heavy atom. The third kappa shape index (κ3) is 2.70. The lowest BCUT2D eigenvalue weighted by atomic mass is 10.0. The summed E-state index contributed by atoms with van der Waals surface area (Å²) >= 11 is 0. The van der Waals surface area contributed by atoms with Crippen molar-refractivity contribution in [2.24, 2.45) is 0 Å². The topological polar surface area (TPSA) is 46.4 Å². The predicted molar refractivity (Wildman–Crippen MR) is 88.5 cm³/mol. The summed E-state index contributed by atoms with van der Waals surface area (Å²) in [5.74, 6) is -0.706. The number of carbonyl (C=O) groups is 1. The fraction of sp³-hybridized carbons (Fsp3) is 0.222. The molecule has 2 aromatic heterocycles. The Morgan fingerprint density at radius 3 is 2.43 bits per heavy atom. The number of imidazole rings is 1. The van der Waals surface area contributed by atoms with Crippen LogP contribution < -0.4 is 5.32 Å². The molecule has 3 aromatic rings. The zero-order valence-electron chi connectivity index (χ0n) is 13.6. The molecule has 0 unspecified atom stereocenters. The summed E-state index contributed by atoms with van der Waals surface area (Å²) in [6.07, 6.45) is 1.28. The predicted octanol–water partition coefficient (Wildman–Crippen LogP) is 3.96. The number of anilines is 1. The Balaban J connectivity index is 2.05. The van der Waals surface area contributed by atoms with Gasteiger partial charge in [-0.15, -0.1) is 0 Å². The molecule has 4 nitrogen and oxygen atoms in total. The maximum Gasteiger partial charge on any atom is 0.274 e. The highest BCUT2D eigenvalue weighted by Gasteiger charge is 2.18. The van der Waals surface area contributed by atoms with Gasteiger partial charge >= 0.3 is 0 Å². The summed E-state index contributed by atoms with van der Waals surface area (Å²) in [5.41, 5.74) is 5.38. The number of rotatable bonds is 2. The number of nitrogens with zero attached hydrogens (tertiary/aromatic N) is 2. The first kappa shape index (κ1) is 15.2. The molecule has 0 atom stereocenters. The van der Waals surface area contributed by atoms with Crippen molar-refractivity contribution in [1.29, 1.82) is 0 Å². The number of aromatic nitrogens is 2. The van der Waals surface area contributed by atoms with Gasteiger partial charge in [0.05, 0.1) is 5.69 Å². The second kappa shape index (κ2) is 5.50. The molecule has 0 radical (unpaired) electrons. The SMILES string of the molecule is Cc1cc(C)c(NC(=O)c2c(C)nc3ccc(F)cn23)c(C)c1. The van der Waals surface area contributed by atoms with Crippen molar-refractivity contribution >= 4 is 17.2 Å². The van der Waals surface area contributed by atoms with Crippen LogP contribution in [0.4, 0.5) is 10.1 Å². The highest BCUT2D eigenvalue weighted by Crippen LogP contribution is 2.23. The van der Waals surface area contributed by atoms with Crippen LogP contribution in [0.1, 0.15) is 32.9 Å². The van der Waals surface area contributed by atoms with Gasteiger partial charge in [-0.3, -0.25) is 9.20 Å². The van der Waals surface area contributed by atoms with Gasteiger partial charge in [-0.25, -0.2) is 9.37 Å². The van der Waals surface area contributed by atoms with Gasteiger partial charge in [-0.2, -0.15) is 0 Å². The number of pyridine rings is 1. The van der Waals surface area contributed by atoms with E-state index >= 15 is 0 Å². The molecule has 0 spiro atoms. The van der Waals surface area contributed by atoms with E-state index in [0.717, 1.165) is 22.4 Å². The minimum absolute atomic E-state index is 0.296. The van der Waals surface area contributed by atoms with E-state index in [2.05, 4.69) is 10.3 Å². The third-order valence-electron chi connectivity index (χ3n) is 3.89.